The summed E-state index contributed by atoms with van der Waals surface area (Å²) in [6, 6.07) is 7.57. The fourth-order valence-corrected chi connectivity index (χ4v) is 3.10. The lowest BCUT2D eigenvalue weighted by Gasteiger charge is -2.28. The summed E-state index contributed by atoms with van der Waals surface area (Å²) in [7, 11) is 2.06. The molecule has 1 aromatic carbocycles. The van der Waals surface area contributed by atoms with E-state index in [-0.39, 0.29) is 11.8 Å². The smallest absolute Gasteiger partial charge is 0.228 e. The van der Waals surface area contributed by atoms with Crippen LogP contribution in [-0.4, -0.2) is 35.9 Å². The Bertz CT molecular complexity index is 726. The maximum absolute atomic E-state index is 12.5. The van der Waals surface area contributed by atoms with E-state index in [9.17, 15) is 4.79 Å². The van der Waals surface area contributed by atoms with Crippen LogP contribution in [0.3, 0.4) is 0 Å². The molecule has 6 nitrogen and oxygen atoms in total. The number of nitrogens with one attached hydrogen (secondary N) is 1. The van der Waals surface area contributed by atoms with E-state index in [4.69, 9.17) is 10.2 Å². The minimum absolute atomic E-state index is 0.0419. The number of hydrogen-bond acceptors (Lipinski definition) is 5. The van der Waals surface area contributed by atoms with Gasteiger partial charge in [0.15, 0.2) is 0 Å². The van der Waals surface area contributed by atoms with Gasteiger partial charge in [0.2, 0.25) is 11.8 Å². The fourth-order valence-electron chi connectivity index (χ4n) is 3.10. The molecule has 128 valence electrons. The van der Waals surface area contributed by atoms with Crippen molar-refractivity contribution < 1.29 is 9.21 Å². The van der Waals surface area contributed by atoms with Gasteiger partial charge in [-0.05, 0) is 51.6 Å². The number of amides is 1. The lowest BCUT2D eigenvalue weighted by atomic mass is 9.97. The SMILES string of the molecule is Cc1oc(-c2cccc(NC(=O)C3CCCN(C)C3)c2)nc1CN. The highest BCUT2D eigenvalue weighted by molar-refractivity contribution is 5.93. The molecule has 6 heteroatoms. The molecule has 3 rings (SSSR count). The van der Waals surface area contributed by atoms with Crippen molar-refractivity contribution in [2.45, 2.75) is 26.3 Å². The maximum atomic E-state index is 12.5. The second kappa shape index (κ2) is 7.15. The van der Waals surface area contributed by atoms with Gasteiger partial charge in [-0.15, -0.1) is 0 Å². The summed E-state index contributed by atoms with van der Waals surface area (Å²) in [6.07, 6.45) is 2.00. The van der Waals surface area contributed by atoms with Crippen LogP contribution < -0.4 is 11.1 Å². The Morgan fingerprint density at radius 3 is 3.04 bits per heavy atom. The number of benzene rings is 1. The van der Waals surface area contributed by atoms with Crippen molar-refractivity contribution in [1.29, 1.82) is 0 Å². The molecule has 0 aliphatic carbocycles. The molecule has 1 aromatic heterocycles. The summed E-state index contributed by atoms with van der Waals surface area (Å²) >= 11 is 0. The van der Waals surface area contributed by atoms with E-state index in [1.807, 2.05) is 31.2 Å². The summed E-state index contributed by atoms with van der Waals surface area (Å²) in [5.74, 6) is 1.37. The number of aromatic nitrogens is 1. The Morgan fingerprint density at radius 1 is 1.50 bits per heavy atom. The zero-order valence-corrected chi connectivity index (χ0v) is 14.2. The average Bonchev–Trinajstić information content (AvgIpc) is 2.96. The Hall–Kier alpha value is -2.18. The molecule has 0 radical (unpaired) electrons. The molecule has 1 atom stereocenters. The van der Waals surface area contributed by atoms with E-state index in [0.717, 1.165) is 48.6 Å². The molecule has 1 aliphatic heterocycles. The van der Waals surface area contributed by atoms with Gasteiger partial charge in [-0.25, -0.2) is 4.98 Å². The standard InChI is InChI=1S/C18H24N4O2/c1-12-16(10-19)21-18(24-12)13-5-3-7-15(9-13)20-17(23)14-6-4-8-22(2)11-14/h3,5,7,9,14H,4,6,8,10-11,19H2,1-2H3,(H,20,23). The predicted octanol–water partition coefficient (Wildman–Crippen LogP) is 2.39. The summed E-state index contributed by atoms with van der Waals surface area (Å²) in [5.41, 5.74) is 7.99. The number of carbonyl (C=O) groups excluding carboxylic acids is 1. The van der Waals surface area contributed by atoms with E-state index in [2.05, 4.69) is 22.2 Å². The third-order valence-corrected chi connectivity index (χ3v) is 4.46. The van der Waals surface area contributed by atoms with Crippen molar-refractivity contribution in [3.8, 4) is 11.5 Å². The maximum Gasteiger partial charge on any atom is 0.228 e. The van der Waals surface area contributed by atoms with Gasteiger partial charge in [0, 0.05) is 24.3 Å². The predicted molar refractivity (Wildman–Crippen MR) is 93.4 cm³/mol. The highest BCUT2D eigenvalue weighted by atomic mass is 16.4. The third-order valence-electron chi connectivity index (χ3n) is 4.46. The molecular weight excluding hydrogens is 304 g/mol. The van der Waals surface area contributed by atoms with Crippen molar-refractivity contribution in [2.75, 3.05) is 25.5 Å². The monoisotopic (exact) mass is 328 g/mol. The van der Waals surface area contributed by atoms with Crippen LogP contribution in [0.1, 0.15) is 24.3 Å². The number of rotatable bonds is 4. The van der Waals surface area contributed by atoms with Gasteiger partial charge in [0.05, 0.1) is 11.6 Å². The first-order chi connectivity index (χ1) is 11.6. The summed E-state index contributed by atoms with van der Waals surface area (Å²) < 4.78 is 5.67. The van der Waals surface area contributed by atoms with Crippen LogP contribution >= 0.6 is 0 Å². The normalized spacial score (nSPS) is 18.5. The van der Waals surface area contributed by atoms with Gasteiger partial charge in [-0.3, -0.25) is 4.79 Å². The number of hydrogen-bond donors (Lipinski definition) is 2. The molecule has 0 saturated carbocycles. The molecule has 24 heavy (non-hydrogen) atoms. The quantitative estimate of drug-likeness (QED) is 0.900. The first-order valence-electron chi connectivity index (χ1n) is 8.33. The van der Waals surface area contributed by atoms with Gasteiger partial charge in [0.25, 0.3) is 0 Å². The molecule has 1 fully saturated rings. The molecule has 0 bridgehead atoms. The number of likely N-dealkylation sites (tertiary alicyclic amines) is 1. The van der Waals surface area contributed by atoms with Gasteiger partial charge < -0.3 is 20.4 Å². The van der Waals surface area contributed by atoms with Crippen LogP contribution in [0.15, 0.2) is 28.7 Å². The van der Waals surface area contributed by atoms with E-state index in [1.165, 1.54) is 0 Å². The minimum atomic E-state index is 0.0419. The molecule has 2 aromatic rings. The highest BCUT2D eigenvalue weighted by Crippen LogP contribution is 2.25. The lowest BCUT2D eigenvalue weighted by Crippen LogP contribution is -2.38. The first kappa shape index (κ1) is 16.7. The zero-order chi connectivity index (χ0) is 17.1. The largest absolute Gasteiger partial charge is 0.441 e. The van der Waals surface area contributed by atoms with Crippen LogP contribution in [0.2, 0.25) is 0 Å². The molecule has 3 N–H and O–H groups in total. The number of aryl methyl sites for hydroxylation is 1. The van der Waals surface area contributed by atoms with E-state index < -0.39 is 0 Å². The lowest BCUT2D eigenvalue weighted by molar-refractivity contribution is -0.121. The fraction of sp³-hybridized carbons (Fsp3) is 0.444. The van der Waals surface area contributed by atoms with Gasteiger partial charge in [-0.2, -0.15) is 0 Å². The number of piperidine rings is 1. The molecule has 1 aliphatic rings. The molecule has 1 amide bonds. The Balaban J connectivity index is 1.74. The number of nitrogens with two attached hydrogens (primary N) is 1. The Morgan fingerprint density at radius 2 is 2.33 bits per heavy atom. The molecule has 1 unspecified atom stereocenters. The first-order valence-corrected chi connectivity index (χ1v) is 8.33. The van der Waals surface area contributed by atoms with Gasteiger partial charge in [-0.1, -0.05) is 6.07 Å². The van der Waals surface area contributed by atoms with E-state index in [0.29, 0.717) is 12.4 Å². The number of anilines is 1. The van der Waals surface area contributed by atoms with Crippen LogP contribution in [-0.2, 0) is 11.3 Å². The van der Waals surface area contributed by atoms with Crippen molar-refractivity contribution in [2.24, 2.45) is 11.7 Å². The molecule has 0 spiro atoms. The van der Waals surface area contributed by atoms with Crippen molar-refractivity contribution >= 4 is 11.6 Å². The second-order valence-corrected chi connectivity index (χ2v) is 6.40. The van der Waals surface area contributed by atoms with Crippen molar-refractivity contribution in [3.05, 3.63) is 35.7 Å². The topological polar surface area (TPSA) is 84.4 Å². The summed E-state index contributed by atoms with van der Waals surface area (Å²) in [6.45, 7) is 4.07. The molecule has 1 saturated heterocycles. The summed E-state index contributed by atoms with van der Waals surface area (Å²) in [5, 5.41) is 3.02. The van der Waals surface area contributed by atoms with Crippen molar-refractivity contribution in [1.82, 2.24) is 9.88 Å². The van der Waals surface area contributed by atoms with Crippen LogP contribution in [0.5, 0.6) is 0 Å². The van der Waals surface area contributed by atoms with E-state index >= 15 is 0 Å². The highest BCUT2D eigenvalue weighted by Gasteiger charge is 2.24. The number of nitrogens with zero attached hydrogens (tertiary/aromatic N) is 2. The third kappa shape index (κ3) is 3.66. The van der Waals surface area contributed by atoms with Crippen LogP contribution in [0, 0.1) is 12.8 Å². The molecular formula is C18H24N4O2. The molecule has 2 heterocycles. The Kier molecular flexibility index (Phi) is 4.97. The van der Waals surface area contributed by atoms with Crippen LogP contribution in [0.4, 0.5) is 5.69 Å². The van der Waals surface area contributed by atoms with Crippen molar-refractivity contribution in [3.63, 3.8) is 0 Å². The average molecular weight is 328 g/mol. The summed E-state index contributed by atoms with van der Waals surface area (Å²) in [4.78, 5) is 19.1. The van der Waals surface area contributed by atoms with Crippen LogP contribution in [0.25, 0.3) is 11.5 Å². The Labute approximate surface area is 142 Å². The van der Waals surface area contributed by atoms with Gasteiger partial charge >= 0.3 is 0 Å². The minimum Gasteiger partial charge on any atom is -0.441 e. The van der Waals surface area contributed by atoms with E-state index in [1.54, 1.807) is 0 Å². The second-order valence-electron chi connectivity index (χ2n) is 6.40. The number of oxazole rings is 1. The van der Waals surface area contributed by atoms with Gasteiger partial charge in [0.1, 0.15) is 5.76 Å². The number of carbonyl (C=O) groups is 1. The zero-order valence-electron chi connectivity index (χ0n) is 14.2.